The lowest BCUT2D eigenvalue weighted by Crippen LogP contribution is -2.14. The lowest BCUT2D eigenvalue weighted by Gasteiger charge is -2.10. The van der Waals surface area contributed by atoms with Crippen molar-refractivity contribution in [2.45, 2.75) is 6.42 Å². The molecular weight excluding hydrogens is 402 g/mol. The third-order valence-electron chi connectivity index (χ3n) is 3.51. The van der Waals surface area contributed by atoms with Crippen LogP contribution in [0.25, 0.3) is 0 Å². The molecule has 0 atom stereocenters. The monoisotopic (exact) mass is 419 g/mol. The number of carbonyl (C=O) groups is 2. The fourth-order valence-corrected chi connectivity index (χ4v) is 3.65. The van der Waals surface area contributed by atoms with Crippen LogP contribution in [0.1, 0.15) is 16.2 Å². The van der Waals surface area contributed by atoms with Crippen LogP contribution in [-0.4, -0.2) is 36.0 Å². The number of hydrogen-bond donors (Lipinski definition) is 3. The van der Waals surface area contributed by atoms with Crippen molar-refractivity contribution in [1.82, 2.24) is 9.97 Å². The maximum Gasteiger partial charge on any atom is 0.276 e. The fraction of sp³-hybridized carbons (Fsp3) is 0.176. The molecule has 1 aromatic carbocycles. The lowest BCUT2D eigenvalue weighted by molar-refractivity contribution is -0.117. The van der Waals surface area contributed by atoms with Crippen molar-refractivity contribution in [3.05, 3.63) is 40.3 Å². The number of aromatic nitrogens is 2. The summed E-state index contributed by atoms with van der Waals surface area (Å²) in [7, 11) is 3.13. The molecule has 0 aliphatic carbocycles. The fourth-order valence-electron chi connectivity index (χ4n) is 2.24. The van der Waals surface area contributed by atoms with Gasteiger partial charge in [0.05, 0.1) is 32.0 Å². The zero-order chi connectivity index (χ0) is 20.1. The van der Waals surface area contributed by atoms with Gasteiger partial charge in [-0.15, -0.1) is 22.7 Å². The van der Waals surface area contributed by atoms with Gasteiger partial charge in [-0.25, -0.2) is 9.97 Å². The third-order valence-corrected chi connectivity index (χ3v) is 5.08. The molecule has 2 aromatic heterocycles. The number of thiazole rings is 2. The number of nitrogens with two attached hydrogens (primary N) is 1. The van der Waals surface area contributed by atoms with E-state index in [9.17, 15) is 9.59 Å². The van der Waals surface area contributed by atoms with Gasteiger partial charge in [-0.1, -0.05) is 0 Å². The zero-order valence-electron chi connectivity index (χ0n) is 15.0. The maximum atomic E-state index is 12.4. The van der Waals surface area contributed by atoms with Gasteiger partial charge in [0.15, 0.2) is 10.3 Å². The number of amides is 2. The molecule has 0 aliphatic heterocycles. The van der Waals surface area contributed by atoms with Crippen molar-refractivity contribution >= 4 is 50.4 Å². The smallest absolute Gasteiger partial charge is 0.276 e. The Morgan fingerprint density at radius 1 is 1.11 bits per heavy atom. The second kappa shape index (κ2) is 8.67. The first-order chi connectivity index (χ1) is 13.5. The number of nitrogens with zero attached hydrogens (tertiary/aromatic N) is 2. The van der Waals surface area contributed by atoms with Crippen molar-refractivity contribution in [3.8, 4) is 11.5 Å². The molecule has 0 unspecified atom stereocenters. The average molecular weight is 419 g/mol. The maximum absolute atomic E-state index is 12.4. The van der Waals surface area contributed by atoms with E-state index in [1.54, 1.807) is 43.2 Å². The molecule has 0 saturated carbocycles. The molecule has 9 nitrogen and oxygen atoms in total. The largest absolute Gasteiger partial charge is 0.497 e. The first-order valence-electron chi connectivity index (χ1n) is 7.97. The van der Waals surface area contributed by atoms with E-state index in [-0.39, 0.29) is 12.1 Å². The van der Waals surface area contributed by atoms with E-state index in [2.05, 4.69) is 20.6 Å². The summed E-state index contributed by atoms with van der Waals surface area (Å²) < 4.78 is 10.5. The summed E-state index contributed by atoms with van der Waals surface area (Å²) >= 11 is 2.49. The zero-order valence-corrected chi connectivity index (χ0v) is 16.6. The van der Waals surface area contributed by atoms with E-state index in [1.807, 2.05) is 0 Å². The summed E-state index contributed by atoms with van der Waals surface area (Å²) in [6.07, 6.45) is 0.0286. The van der Waals surface area contributed by atoms with Crippen LogP contribution < -0.4 is 25.8 Å². The number of nitrogens with one attached hydrogen (secondary N) is 2. The quantitative estimate of drug-likeness (QED) is 0.512. The molecule has 0 saturated heterocycles. The standard InChI is InChI=1S/C17H17N5O4S2/c1-25-10-3-4-11(13(6-10)26-2)20-17-21-12(8-28-17)15(24)22-16-19-9(7-27-16)5-14(18)23/h3-4,6-8H,5H2,1-2H3,(H2,18,23)(H,20,21)(H,19,22,24). The number of anilines is 3. The first-order valence-corrected chi connectivity index (χ1v) is 9.73. The van der Waals surface area contributed by atoms with E-state index in [4.69, 9.17) is 15.2 Å². The van der Waals surface area contributed by atoms with Crippen molar-refractivity contribution in [3.63, 3.8) is 0 Å². The van der Waals surface area contributed by atoms with Gasteiger partial charge in [-0.05, 0) is 12.1 Å². The highest BCUT2D eigenvalue weighted by atomic mass is 32.1. The minimum atomic E-state index is -0.479. The lowest BCUT2D eigenvalue weighted by atomic mass is 10.3. The third kappa shape index (κ3) is 4.75. The molecule has 4 N–H and O–H groups in total. The van der Waals surface area contributed by atoms with E-state index in [0.29, 0.717) is 33.1 Å². The number of primary amides is 1. The Bertz CT molecular complexity index is 1000. The van der Waals surface area contributed by atoms with Gasteiger partial charge >= 0.3 is 0 Å². The predicted molar refractivity (Wildman–Crippen MR) is 108 cm³/mol. The van der Waals surface area contributed by atoms with Crippen LogP contribution in [0.2, 0.25) is 0 Å². The van der Waals surface area contributed by atoms with Crippen molar-refractivity contribution in [2.24, 2.45) is 5.73 Å². The van der Waals surface area contributed by atoms with Crippen molar-refractivity contribution in [1.29, 1.82) is 0 Å². The van der Waals surface area contributed by atoms with E-state index >= 15 is 0 Å². The van der Waals surface area contributed by atoms with Gasteiger partial charge in [0.2, 0.25) is 5.91 Å². The Kier molecular flexibility index (Phi) is 6.06. The van der Waals surface area contributed by atoms with Gasteiger partial charge in [-0.3, -0.25) is 14.9 Å². The Labute approximate surface area is 168 Å². The second-order valence-electron chi connectivity index (χ2n) is 5.47. The summed E-state index contributed by atoms with van der Waals surface area (Å²) in [5, 5.41) is 9.99. The van der Waals surface area contributed by atoms with Gasteiger partial charge in [0.25, 0.3) is 5.91 Å². The molecule has 0 aliphatic rings. The molecule has 146 valence electrons. The molecule has 0 fully saturated rings. The topological polar surface area (TPSA) is 128 Å². The SMILES string of the molecule is COc1ccc(Nc2nc(C(=O)Nc3nc(CC(N)=O)cs3)cs2)c(OC)c1. The van der Waals surface area contributed by atoms with Crippen LogP contribution in [0.4, 0.5) is 16.0 Å². The molecule has 3 rings (SSSR count). The highest BCUT2D eigenvalue weighted by Crippen LogP contribution is 2.32. The van der Waals surface area contributed by atoms with Crippen LogP contribution in [0.5, 0.6) is 11.5 Å². The molecule has 0 spiro atoms. The molecule has 28 heavy (non-hydrogen) atoms. The second-order valence-corrected chi connectivity index (χ2v) is 7.19. The Hall–Kier alpha value is -3.18. The highest BCUT2D eigenvalue weighted by Gasteiger charge is 2.15. The highest BCUT2D eigenvalue weighted by molar-refractivity contribution is 7.14. The molecule has 3 aromatic rings. The Balaban J connectivity index is 1.67. The Morgan fingerprint density at radius 2 is 1.89 bits per heavy atom. The number of hydrogen-bond acceptors (Lipinski definition) is 9. The minimum Gasteiger partial charge on any atom is -0.497 e. The summed E-state index contributed by atoms with van der Waals surface area (Å²) in [5.74, 6) is 0.379. The summed E-state index contributed by atoms with van der Waals surface area (Å²) in [4.78, 5) is 31.7. The average Bonchev–Trinajstić information content (AvgIpc) is 3.31. The van der Waals surface area contributed by atoms with Crippen LogP contribution >= 0.6 is 22.7 Å². The number of ether oxygens (including phenoxy) is 2. The van der Waals surface area contributed by atoms with Gasteiger partial charge in [-0.2, -0.15) is 0 Å². The predicted octanol–water partition coefficient (Wildman–Crippen LogP) is 2.64. The molecule has 2 amide bonds. The van der Waals surface area contributed by atoms with E-state index in [1.165, 1.54) is 22.7 Å². The van der Waals surface area contributed by atoms with Crippen LogP contribution in [0, 0.1) is 0 Å². The normalized spacial score (nSPS) is 10.4. The first kappa shape index (κ1) is 19.6. The summed E-state index contributed by atoms with van der Waals surface area (Å²) in [5.41, 5.74) is 6.59. The Morgan fingerprint density at radius 3 is 2.61 bits per heavy atom. The van der Waals surface area contributed by atoms with Gasteiger partial charge in [0.1, 0.15) is 17.2 Å². The van der Waals surface area contributed by atoms with Crippen molar-refractivity contribution < 1.29 is 19.1 Å². The molecule has 11 heteroatoms. The summed E-state index contributed by atoms with van der Waals surface area (Å²) in [6, 6.07) is 5.34. The minimum absolute atomic E-state index is 0.0286. The number of methoxy groups -OCH3 is 2. The van der Waals surface area contributed by atoms with Crippen LogP contribution in [0.3, 0.4) is 0 Å². The van der Waals surface area contributed by atoms with Crippen LogP contribution in [-0.2, 0) is 11.2 Å². The summed E-state index contributed by atoms with van der Waals surface area (Å²) in [6.45, 7) is 0. The van der Waals surface area contributed by atoms with Gasteiger partial charge in [0, 0.05) is 16.8 Å². The van der Waals surface area contributed by atoms with E-state index < -0.39 is 11.8 Å². The van der Waals surface area contributed by atoms with Crippen LogP contribution in [0.15, 0.2) is 29.0 Å². The molecule has 0 bridgehead atoms. The van der Waals surface area contributed by atoms with Crippen molar-refractivity contribution in [2.75, 3.05) is 24.9 Å². The number of carbonyl (C=O) groups excluding carboxylic acids is 2. The molecular formula is C17H17N5O4S2. The number of rotatable bonds is 8. The number of benzene rings is 1. The molecule has 0 radical (unpaired) electrons. The van der Waals surface area contributed by atoms with E-state index in [0.717, 1.165) is 0 Å². The molecule has 2 heterocycles. The van der Waals surface area contributed by atoms with Gasteiger partial charge < -0.3 is 20.5 Å².